The highest BCUT2D eigenvalue weighted by Gasteiger charge is 2.29. The molecule has 8 nitrogen and oxygen atoms in total. The second kappa shape index (κ2) is 9.04. The molecule has 0 aliphatic rings. The molecular weight excluding hydrogens is 386 g/mol. The van der Waals surface area contributed by atoms with Gasteiger partial charge in [0.15, 0.2) is 5.89 Å². The number of methoxy groups -OCH3 is 1. The molecule has 3 rings (SSSR count). The van der Waals surface area contributed by atoms with Crippen LogP contribution < -0.4 is 15.8 Å². The Bertz CT molecular complexity index is 1060. The van der Waals surface area contributed by atoms with Crippen LogP contribution in [0.25, 0.3) is 11.3 Å². The number of aromatic nitrogens is 1. The molecule has 0 aliphatic heterocycles. The van der Waals surface area contributed by atoms with E-state index < -0.39 is 23.6 Å². The first-order valence-electron chi connectivity index (χ1n) is 9.19. The van der Waals surface area contributed by atoms with E-state index in [0.29, 0.717) is 28.5 Å². The van der Waals surface area contributed by atoms with E-state index in [2.05, 4.69) is 10.3 Å². The Morgan fingerprint density at radius 3 is 2.37 bits per heavy atom. The van der Waals surface area contributed by atoms with E-state index in [1.807, 2.05) is 18.2 Å². The molecule has 30 heavy (non-hydrogen) atoms. The van der Waals surface area contributed by atoms with Crippen LogP contribution in [0.5, 0.6) is 5.75 Å². The lowest BCUT2D eigenvalue weighted by atomic mass is 10.0. The molecule has 0 saturated carbocycles. The molecular formula is C22H21N3O5. The van der Waals surface area contributed by atoms with Crippen molar-refractivity contribution in [3.8, 4) is 17.0 Å². The number of hydrogen-bond acceptors (Lipinski definition) is 6. The van der Waals surface area contributed by atoms with Crippen LogP contribution in [0.1, 0.15) is 22.0 Å². The Hall–Kier alpha value is -3.94. The lowest BCUT2D eigenvalue weighted by Gasteiger charge is -2.16. The Labute approximate surface area is 173 Å². The zero-order valence-electron chi connectivity index (χ0n) is 16.5. The predicted octanol–water partition coefficient (Wildman–Crippen LogP) is 2.05. The molecule has 1 aromatic heterocycles. The molecule has 0 spiro atoms. The fraction of sp³-hybridized carbons (Fsp3) is 0.182. The summed E-state index contributed by atoms with van der Waals surface area (Å²) >= 11 is 0. The third kappa shape index (κ3) is 4.72. The number of benzene rings is 2. The molecule has 1 heterocycles. The molecule has 0 aliphatic carbocycles. The van der Waals surface area contributed by atoms with Crippen LogP contribution in [-0.2, 0) is 16.0 Å². The number of aryl methyl sites for hydroxylation is 1. The molecule has 3 aromatic rings. The summed E-state index contributed by atoms with van der Waals surface area (Å²) < 4.78 is 10.6. The number of carbonyl (C=O) groups is 3. The molecule has 2 aromatic carbocycles. The molecule has 8 heteroatoms. The number of amides is 2. The van der Waals surface area contributed by atoms with Gasteiger partial charge in [-0.2, -0.15) is 0 Å². The summed E-state index contributed by atoms with van der Waals surface area (Å²) in [5, 5.41) is 2.56. The van der Waals surface area contributed by atoms with Crippen molar-refractivity contribution in [3.05, 3.63) is 71.8 Å². The summed E-state index contributed by atoms with van der Waals surface area (Å²) in [5.41, 5.74) is 6.93. The van der Waals surface area contributed by atoms with Gasteiger partial charge >= 0.3 is 0 Å². The molecule has 2 amide bonds. The van der Waals surface area contributed by atoms with Gasteiger partial charge in [0.2, 0.25) is 11.5 Å². The number of carbonyl (C=O) groups excluding carboxylic acids is 3. The normalized spacial score (nSPS) is 11.5. The Morgan fingerprint density at radius 1 is 1.10 bits per heavy atom. The first-order valence-corrected chi connectivity index (χ1v) is 9.19. The first kappa shape index (κ1) is 20.8. The van der Waals surface area contributed by atoms with Crippen LogP contribution in [0, 0.1) is 6.92 Å². The SMILES string of the molecule is COc1ccc(C[C@H](NC(=O)c2oc(C)nc2-c2ccccc2)C(=O)C(N)=O)cc1. The van der Waals surface area contributed by atoms with E-state index >= 15 is 0 Å². The topological polar surface area (TPSA) is 125 Å². The van der Waals surface area contributed by atoms with Crippen LogP contribution >= 0.6 is 0 Å². The van der Waals surface area contributed by atoms with Crippen molar-refractivity contribution < 1.29 is 23.5 Å². The van der Waals surface area contributed by atoms with Crippen molar-refractivity contribution in [2.45, 2.75) is 19.4 Å². The summed E-state index contributed by atoms with van der Waals surface area (Å²) in [6.45, 7) is 1.62. The van der Waals surface area contributed by atoms with Crippen molar-refractivity contribution in [2.75, 3.05) is 7.11 Å². The quantitative estimate of drug-likeness (QED) is 0.551. The zero-order chi connectivity index (χ0) is 21.7. The Morgan fingerprint density at radius 2 is 1.77 bits per heavy atom. The lowest BCUT2D eigenvalue weighted by Crippen LogP contribution is -2.47. The molecule has 0 saturated heterocycles. The zero-order valence-corrected chi connectivity index (χ0v) is 16.5. The average molecular weight is 407 g/mol. The molecule has 0 fully saturated rings. The van der Waals surface area contributed by atoms with Crippen molar-refractivity contribution in [1.29, 1.82) is 0 Å². The van der Waals surface area contributed by atoms with Gasteiger partial charge in [0.05, 0.1) is 7.11 Å². The van der Waals surface area contributed by atoms with Gasteiger partial charge in [0.25, 0.3) is 11.8 Å². The highest BCUT2D eigenvalue weighted by atomic mass is 16.5. The maximum atomic E-state index is 12.9. The van der Waals surface area contributed by atoms with E-state index in [-0.39, 0.29) is 12.2 Å². The minimum Gasteiger partial charge on any atom is -0.497 e. The number of primary amides is 1. The molecule has 1 atom stereocenters. The number of rotatable bonds is 8. The number of nitrogens with one attached hydrogen (secondary N) is 1. The second-order valence-electron chi connectivity index (χ2n) is 6.58. The highest BCUT2D eigenvalue weighted by molar-refractivity contribution is 6.38. The fourth-order valence-electron chi connectivity index (χ4n) is 2.97. The van der Waals surface area contributed by atoms with Crippen molar-refractivity contribution >= 4 is 17.6 Å². The van der Waals surface area contributed by atoms with E-state index in [4.69, 9.17) is 14.9 Å². The molecule has 0 unspecified atom stereocenters. The second-order valence-corrected chi connectivity index (χ2v) is 6.58. The van der Waals surface area contributed by atoms with Crippen molar-refractivity contribution in [1.82, 2.24) is 10.3 Å². The standard InChI is InChI=1S/C22H21N3O5/c1-13-24-18(15-6-4-3-5-7-15)20(30-13)22(28)25-17(19(26)21(23)27)12-14-8-10-16(29-2)11-9-14/h3-11,17H,12H2,1-2H3,(H2,23,27)(H,25,28)/t17-/m0/s1. The molecule has 0 radical (unpaired) electrons. The van der Waals surface area contributed by atoms with E-state index in [1.165, 1.54) is 0 Å². The number of hydrogen-bond donors (Lipinski definition) is 2. The Balaban J connectivity index is 1.86. The lowest BCUT2D eigenvalue weighted by molar-refractivity contribution is -0.137. The van der Waals surface area contributed by atoms with Gasteiger partial charge in [0, 0.05) is 18.9 Å². The van der Waals surface area contributed by atoms with E-state index in [9.17, 15) is 14.4 Å². The highest BCUT2D eigenvalue weighted by Crippen LogP contribution is 2.24. The predicted molar refractivity (Wildman–Crippen MR) is 109 cm³/mol. The fourth-order valence-corrected chi connectivity index (χ4v) is 2.97. The Kier molecular flexibility index (Phi) is 6.26. The van der Waals surface area contributed by atoms with Gasteiger partial charge in [-0.3, -0.25) is 14.4 Å². The van der Waals surface area contributed by atoms with Gasteiger partial charge in [-0.1, -0.05) is 42.5 Å². The van der Waals surface area contributed by atoms with Crippen LogP contribution in [0.4, 0.5) is 0 Å². The maximum Gasteiger partial charge on any atom is 0.290 e. The van der Waals surface area contributed by atoms with Crippen molar-refractivity contribution in [2.24, 2.45) is 5.73 Å². The van der Waals surface area contributed by atoms with Crippen LogP contribution in [0.3, 0.4) is 0 Å². The van der Waals surface area contributed by atoms with Crippen molar-refractivity contribution in [3.63, 3.8) is 0 Å². The number of ketones is 1. The average Bonchev–Trinajstić information content (AvgIpc) is 3.15. The van der Waals surface area contributed by atoms with Gasteiger partial charge < -0.3 is 20.2 Å². The summed E-state index contributed by atoms with van der Waals surface area (Å²) in [7, 11) is 1.54. The maximum absolute atomic E-state index is 12.9. The number of oxazole rings is 1. The van der Waals surface area contributed by atoms with Crippen LogP contribution in [-0.4, -0.2) is 35.7 Å². The number of Topliss-reactive ketones (excluding diaryl/α,β-unsaturated/α-hetero) is 1. The third-order valence-electron chi connectivity index (χ3n) is 4.45. The minimum atomic E-state index is -1.16. The molecule has 0 bridgehead atoms. The molecule has 154 valence electrons. The molecule has 3 N–H and O–H groups in total. The number of nitrogens with zero attached hydrogens (tertiary/aromatic N) is 1. The van der Waals surface area contributed by atoms with Crippen LogP contribution in [0.15, 0.2) is 59.0 Å². The van der Waals surface area contributed by atoms with E-state index in [0.717, 1.165) is 0 Å². The first-order chi connectivity index (χ1) is 14.4. The summed E-state index contributed by atoms with van der Waals surface area (Å²) in [5.74, 6) is -1.81. The summed E-state index contributed by atoms with van der Waals surface area (Å²) in [6.07, 6.45) is 0.0747. The van der Waals surface area contributed by atoms with Gasteiger partial charge in [0.1, 0.15) is 17.5 Å². The van der Waals surface area contributed by atoms with Crippen LogP contribution in [0.2, 0.25) is 0 Å². The minimum absolute atomic E-state index is 0.0456. The smallest absolute Gasteiger partial charge is 0.290 e. The number of nitrogens with two attached hydrogens (primary N) is 1. The third-order valence-corrected chi connectivity index (χ3v) is 4.45. The van der Waals surface area contributed by atoms with Gasteiger partial charge in [-0.05, 0) is 17.7 Å². The monoisotopic (exact) mass is 407 g/mol. The van der Waals surface area contributed by atoms with Gasteiger partial charge in [-0.25, -0.2) is 4.98 Å². The van der Waals surface area contributed by atoms with E-state index in [1.54, 1.807) is 50.4 Å². The largest absolute Gasteiger partial charge is 0.497 e. The summed E-state index contributed by atoms with van der Waals surface area (Å²) in [6, 6.07) is 14.8. The number of ether oxygens (including phenoxy) is 1. The van der Waals surface area contributed by atoms with Gasteiger partial charge in [-0.15, -0.1) is 0 Å². The summed E-state index contributed by atoms with van der Waals surface area (Å²) in [4.78, 5) is 41.0.